The summed E-state index contributed by atoms with van der Waals surface area (Å²) >= 11 is 3.15. The molecule has 0 spiro atoms. The van der Waals surface area contributed by atoms with Crippen LogP contribution in [0.3, 0.4) is 0 Å². The summed E-state index contributed by atoms with van der Waals surface area (Å²) in [4.78, 5) is 38.4. The quantitative estimate of drug-likeness (QED) is 0.123. The number of pyridine rings is 1. The molecule has 1 aliphatic rings. The van der Waals surface area contributed by atoms with Gasteiger partial charge >= 0.3 is 18.3 Å². The maximum atomic E-state index is 15.3. The highest BCUT2D eigenvalue weighted by Gasteiger charge is 2.37. The van der Waals surface area contributed by atoms with Crippen LogP contribution in [-0.4, -0.2) is 58.9 Å². The number of ether oxygens (including phenoxy) is 1. The molecule has 4 aromatic rings. The zero-order chi connectivity index (χ0) is 41.7. The van der Waals surface area contributed by atoms with Gasteiger partial charge in [0, 0.05) is 66.5 Å². The van der Waals surface area contributed by atoms with Crippen molar-refractivity contribution >= 4 is 27.8 Å². The summed E-state index contributed by atoms with van der Waals surface area (Å²) in [6.45, 7) is 4.18. The first-order chi connectivity index (χ1) is 26.1. The van der Waals surface area contributed by atoms with Gasteiger partial charge < -0.3 is 15.2 Å². The number of carbonyl (C=O) groups excluding carboxylic acids is 2. The Morgan fingerprint density at radius 1 is 0.982 bits per heavy atom. The molecule has 2 heterocycles. The van der Waals surface area contributed by atoms with Crippen LogP contribution in [0, 0.1) is 18.6 Å². The molecule has 0 radical (unpaired) electrons. The van der Waals surface area contributed by atoms with Crippen LogP contribution in [0.1, 0.15) is 53.3 Å². The molecular formula is C38H35BrF9N3O5. The van der Waals surface area contributed by atoms with E-state index in [-0.39, 0.29) is 59.3 Å². The van der Waals surface area contributed by atoms with E-state index in [9.17, 15) is 50.2 Å². The van der Waals surface area contributed by atoms with Gasteiger partial charge in [-0.2, -0.15) is 26.3 Å². The van der Waals surface area contributed by atoms with Gasteiger partial charge in [-0.3, -0.25) is 23.9 Å². The van der Waals surface area contributed by atoms with Gasteiger partial charge in [0.05, 0.1) is 17.7 Å². The average molecular weight is 865 g/mol. The highest BCUT2D eigenvalue weighted by Crippen LogP contribution is 2.42. The molecule has 1 atom stereocenters. The second-order valence-electron chi connectivity index (χ2n) is 12.7. The number of hydrogen-bond donors (Lipinski definition) is 2. The van der Waals surface area contributed by atoms with Crippen LogP contribution >= 0.6 is 15.9 Å². The number of halogens is 10. The fraction of sp³-hybridized carbons (Fsp3) is 0.342. The van der Waals surface area contributed by atoms with Crippen LogP contribution in [-0.2, 0) is 39.6 Å². The number of benzene rings is 3. The Hall–Kier alpha value is -4.84. The number of rotatable bonds is 10. The number of nitrogens with zero attached hydrogens (tertiary/aromatic N) is 2. The Balaban J connectivity index is 0.00000107. The number of nitrogens with one attached hydrogen (secondary N) is 1. The lowest BCUT2D eigenvalue weighted by molar-refractivity contribution is -0.140. The zero-order valence-corrected chi connectivity index (χ0v) is 31.5. The Morgan fingerprint density at radius 2 is 1.64 bits per heavy atom. The van der Waals surface area contributed by atoms with Crippen molar-refractivity contribution in [2.45, 2.75) is 58.3 Å². The number of aromatic nitrogens is 1. The molecule has 8 nitrogen and oxygen atoms in total. The molecule has 0 aliphatic carbocycles. The fourth-order valence-corrected chi connectivity index (χ4v) is 6.42. The summed E-state index contributed by atoms with van der Waals surface area (Å²) in [5, 5.41) is 12.7. The van der Waals surface area contributed by atoms with Crippen LogP contribution in [0.5, 0.6) is 5.75 Å². The molecule has 1 aromatic heterocycles. The minimum absolute atomic E-state index is 0.00785. The minimum atomic E-state index is -4.98. The third kappa shape index (κ3) is 10.7. The number of carbonyl (C=O) groups is 2. The van der Waals surface area contributed by atoms with E-state index in [1.165, 1.54) is 19.9 Å². The molecular weight excluding hydrogens is 829 g/mol. The van der Waals surface area contributed by atoms with E-state index in [2.05, 4.69) is 26.0 Å². The SMILES string of the molecule is CCOC(C)=O.Cc1cc(-c2c(O)cccc2C(F)(F)F)cc(CNC(=O)C(c2cc(Br)ccc2F)n2cc(CCN3CC(F)C3)c(C(F)(F)F)cc2=O)c1F. The second-order valence-corrected chi connectivity index (χ2v) is 13.7. The van der Waals surface area contributed by atoms with Gasteiger partial charge in [0.2, 0.25) is 5.91 Å². The van der Waals surface area contributed by atoms with E-state index in [0.717, 1.165) is 48.7 Å². The monoisotopic (exact) mass is 863 g/mol. The summed E-state index contributed by atoms with van der Waals surface area (Å²) in [5.41, 5.74) is -6.07. The number of alkyl halides is 7. The van der Waals surface area contributed by atoms with Gasteiger partial charge in [-0.1, -0.05) is 22.0 Å². The molecule has 1 unspecified atom stereocenters. The highest BCUT2D eigenvalue weighted by molar-refractivity contribution is 9.10. The standard InChI is InChI=1S/C34H27BrF9N3O3.C4H8O2/c1-17-9-19(29-24(33(39,40)41)3-2-4-27(29)48)10-20(30(17)38)13-45-32(50)31(23-11-21(35)5-6-26(23)37)47-14-18(7-8-46-15-22(36)16-46)25(12-28(47)49)34(42,43)44;1-3-6-4(2)5/h2-6,9-12,14,22,31,48H,7-8,13,15-16H2,1H3,(H,45,50);3H2,1-2H3. The Labute approximate surface area is 323 Å². The zero-order valence-electron chi connectivity index (χ0n) is 29.9. The minimum Gasteiger partial charge on any atom is -0.507 e. The van der Waals surface area contributed by atoms with Crippen molar-refractivity contribution in [3.05, 3.63) is 121 Å². The van der Waals surface area contributed by atoms with Gasteiger partial charge in [-0.05, 0) is 79.4 Å². The fourth-order valence-electron chi connectivity index (χ4n) is 6.04. The molecule has 3 aromatic carbocycles. The lowest BCUT2D eigenvalue weighted by atomic mass is 9.94. The summed E-state index contributed by atoms with van der Waals surface area (Å²) in [6.07, 6.45) is -10.5. The number of aromatic hydroxyl groups is 1. The largest absolute Gasteiger partial charge is 0.507 e. The number of phenols is 1. The van der Waals surface area contributed by atoms with E-state index in [1.54, 1.807) is 11.8 Å². The van der Waals surface area contributed by atoms with Gasteiger partial charge in [0.1, 0.15) is 29.6 Å². The van der Waals surface area contributed by atoms with Crippen molar-refractivity contribution in [1.82, 2.24) is 14.8 Å². The van der Waals surface area contributed by atoms with Gasteiger partial charge in [0.15, 0.2) is 0 Å². The molecule has 0 bridgehead atoms. The number of aryl methyl sites for hydroxylation is 1. The van der Waals surface area contributed by atoms with E-state index in [0.29, 0.717) is 11.2 Å². The van der Waals surface area contributed by atoms with Crippen LogP contribution in [0.4, 0.5) is 39.5 Å². The summed E-state index contributed by atoms with van der Waals surface area (Å²) in [5.74, 6) is -4.07. The second kappa shape index (κ2) is 18.0. The van der Waals surface area contributed by atoms with Gasteiger partial charge in [-0.15, -0.1) is 0 Å². The molecule has 302 valence electrons. The Kier molecular flexibility index (Phi) is 14.1. The van der Waals surface area contributed by atoms with Crippen LogP contribution in [0.2, 0.25) is 0 Å². The Morgan fingerprint density at radius 3 is 2.21 bits per heavy atom. The van der Waals surface area contributed by atoms with Crippen molar-refractivity contribution in [1.29, 1.82) is 0 Å². The smallest absolute Gasteiger partial charge is 0.417 e. The first-order valence-corrected chi connectivity index (χ1v) is 17.6. The van der Waals surface area contributed by atoms with Crippen molar-refractivity contribution < 1.29 is 58.9 Å². The molecule has 1 aliphatic heterocycles. The van der Waals surface area contributed by atoms with Crippen molar-refractivity contribution in [2.75, 3.05) is 26.2 Å². The summed E-state index contributed by atoms with van der Waals surface area (Å²) < 4.78 is 133. The average Bonchev–Trinajstić information content (AvgIpc) is 3.08. The highest BCUT2D eigenvalue weighted by atomic mass is 79.9. The number of amides is 1. The lowest BCUT2D eigenvalue weighted by Gasteiger charge is -2.34. The van der Waals surface area contributed by atoms with Crippen molar-refractivity contribution in [2.24, 2.45) is 0 Å². The number of likely N-dealkylation sites (tertiary alicyclic amines) is 1. The third-order valence-electron chi connectivity index (χ3n) is 8.62. The maximum Gasteiger partial charge on any atom is 0.417 e. The Bertz CT molecular complexity index is 2130. The number of esters is 1. The maximum absolute atomic E-state index is 15.3. The first kappa shape index (κ1) is 43.9. The van der Waals surface area contributed by atoms with E-state index >= 15 is 8.78 Å². The first-order valence-electron chi connectivity index (χ1n) is 16.9. The van der Waals surface area contributed by atoms with Crippen LogP contribution in [0.25, 0.3) is 11.1 Å². The molecule has 56 heavy (non-hydrogen) atoms. The summed E-state index contributed by atoms with van der Waals surface area (Å²) in [6, 6.07) is 6.46. The molecule has 1 amide bonds. The predicted molar refractivity (Wildman–Crippen MR) is 190 cm³/mol. The van der Waals surface area contributed by atoms with E-state index < -0.39 is 87.8 Å². The normalized spacial score (nSPS) is 14.0. The van der Waals surface area contributed by atoms with Crippen molar-refractivity contribution in [3.63, 3.8) is 0 Å². The molecule has 18 heteroatoms. The number of hydrogen-bond acceptors (Lipinski definition) is 6. The van der Waals surface area contributed by atoms with E-state index in [4.69, 9.17) is 0 Å². The molecule has 0 saturated carbocycles. The summed E-state index contributed by atoms with van der Waals surface area (Å²) in [7, 11) is 0. The molecule has 1 fully saturated rings. The topological polar surface area (TPSA) is 101 Å². The van der Waals surface area contributed by atoms with E-state index in [1.807, 2.05) is 0 Å². The number of phenolic OH excluding ortho intramolecular Hbond substituents is 1. The van der Waals surface area contributed by atoms with Crippen molar-refractivity contribution in [3.8, 4) is 16.9 Å². The van der Waals surface area contributed by atoms with Gasteiger partial charge in [0.25, 0.3) is 5.56 Å². The van der Waals surface area contributed by atoms with Crippen LogP contribution in [0.15, 0.2) is 70.1 Å². The predicted octanol–water partition coefficient (Wildman–Crippen LogP) is 8.28. The molecule has 1 saturated heterocycles. The molecule has 2 N–H and O–H groups in total. The lowest BCUT2D eigenvalue weighted by Crippen LogP contribution is -2.49. The molecule has 5 rings (SSSR count). The van der Waals surface area contributed by atoms with Gasteiger partial charge in [-0.25, -0.2) is 13.2 Å². The third-order valence-corrected chi connectivity index (χ3v) is 9.12. The van der Waals surface area contributed by atoms with Crippen LogP contribution < -0.4 is 10.9 Å².